The first kappa shape index (κ1) is 22.2. The summed E-state index contributed by atoms with van der Waals surface area (Å²) in [5.41, 5.74) is -0.0211. The molecule has 28 heavy (non-hydrogen) atoms. The van der Waals surface area contributed by atoms with E-state index in [1.165, 1.54) is 0 Å². The van der Waals surface area contributed by atoms with Crippen molar-refractivity contribution in [1.82, 2.24) is 0 Å². The lowest BCUT2D eigenvalue weighted by atomic mass is 9.98. The highest BCUT2D eigenvalue weighted by Crippen LogP contribution is 2.42. The van der Waals surface area contributed by atoms with E-state index in [9.17, 15) is 9.59 Å². The van der Waals surface area contributed by atoms with E-state index >= 15 is 0 Å². The Morgan fingerprint density at radius 2 is 1.96 bits per heavy atom. The van der Waals surface area contributed by atoms with Crippen molar-refractivity contribution in [3.63, 3.8) is 0 Å². The van der Waals surface area contributed by atoms with Gasteiger partial charge in [0, 0.05) is 12.3 Å². The number of amides is 1. The van der Waals surface area contributed by atoms with Gasteiger partial charge in [0.2, 0.25) is 0 Å². The topological polar surface area (TPSA) is 73.9 Å². The summed E-state index contributed by atoms with van der Waals surface area (Å²) in [7, 11) is 0. The summed E-state index contributed by atoms with van der Waals surface area (Å²) in [4.78, 5) is 25.3. The normalized spacial score (nSPS) is 15.8. The SMILES string of the molecule is CCCO[C@](C)(C(=O)Nc1ccc(OCC(C)C)c(C(=O)OCC)c1)C1CC1. The molecule has 1 aromatic rings. The van der Waals surface area contributed by atoms with Crippen LogP contribution in [0.2, 0.25) is 0 Å². The van der Waals surface area contributed by atoms with Crippen LogP contribution >= 0.6 is 0 Å². The van der Waals surface area contributed by atoms with Crippen LogP contribution in [0.1, 0.15) is 64.2 Å². The van der Waals surface area contributed by atoms with Crippen LogP contribution in [-0.2, 0) is 14.3 Å². The minimum absolute atomic E-state index is 0.186. The molecule has 1 aromatic carbocycles. The van der Waals surface area contributed by atoms with Crippen molar-refractivity contribution in [3.05, 3.63) is 23.8 Å². The fraction of sp³-hybridized carbons (Fsp3) is 0.636. The van der Waals surface area contributed by atoms with E-state index in [0.29, 0.717) is 36.1 Å². The van der Waals surface area contributed by atoms with Crippen molar-refractivity contribution in [3.8, 4) is 5.75 Å². The molecule has 1 aliphatic rings. The molecule has 0 saturated heterocycles. The van der Waals surface area contributed by atoms with E-state index in [-0.39, 0.29) is 18.4 Å². The lowest BCUT2D eigenvalue weighted by Crippen LogP contribution is -2.45. The maximum absolute atomic E-state index is 12.9. The number of rotatable bonds is 11. The van der Waals surface area contributed by atoms with E-state index in [1.54, 1.807) is 25.1 Å². The number of benzene rings is 1. The van der Waals surface area contributed by atoms with Crippen LogP contribution in [0, 0.1) is 11.8 Å². The lowest BCUT2D eigenvalue weighted by molar-refractivity contribution is -0.142. The first-order valence-electron chi connectivity index (χ1n) is 10.2. The van der Waals surface area contributed by atoms with E-state index < -0.39 is 11.6 Å². The van der Waals surface area contributed by atoms with Crippen molar-refractivity contribution in [2.24, 2.45) is 11.8 Å². The summed E-state index contributed by atoms with van der Waals surface area (Å²) < 4.78 is 16.8. The number of hydrogen-bond donors (Lipinski definition) is 1. The molecule has 1 saturated carbocycles. The zero-order chi connectivity index (χ0) is 20.7. The van der Waals surface area contributed by atoms with Crippen molar-refractivity contribution >= 4 is 17.6 Å². The van der Waals surface area contributed by atoms with Gasteiger partial charge in [-0.3, -0.25) is 4.79 Å². The van der Waals surface area contributed by atoms with Crippen LogP contribution in [0.5, 0.6) is 5.75 Å². The Morgan fingerprint density at radius 3 is 2.54 bits per heavy atom. The van der Waals surface area contributed by atoms with E-state index in [0.717, 1.165) is 19.3 Å². The fourth-order valence-electron chi connectivity index (χ4n) is 2.93. The number of anilines is 1. The first-order chi connectivity index (χ1) is 13.3. The molecule has 0 heterocycles. The molecule has 0 unspecified atom stereocenters. The Labute approximate surface area is 167 Å². The Bertz CT molecular complexity index is 684. The Balaban J connectivity index is 2.21. The molecule has 2 rings (SSSR count). The molecular formula is C22H33NO5. The molecule has 0 bridgehead atoms. The van der Waals surface area contributed by atoms with Gasteiger partial charge >= 0.3 is 5.97 Å². The van der Waals surface area contributed by atoms with Gasteiger partial charge in [0.15, 0.2) is 0 Å². The summed E-state index contributed by atoms with van der Waals surface area (Å²) in [6.07, 6.45) is 2.83. The van der Waals surface area contributed by atoms with Gasteiger partial charge in [-0.15, -0.1) is 0 Å². The monoisotopic (exact) mass is 391 g/mol. The second-order valence-corrected chi connectivity index (χ2v) is 7.82. The summed E-state index contributed by atoms with van der Waals surface area (Å²) in [5, 5.41) is 2.91. The molecule has 6 heteroatoms. The van der Waals surface area contributed by atoms with Crippen molar-refractivity contribution in [2.45, 2.75) is 59.5 Å². The van der Waals surface area contributed by atoms with Crippen molar-refractivity contribution in [1.29, 1.82) is 0 Å². The van der Waals surface area contributed by atoms with E-state index in [2.05, 4.69) is 5.32 Å². The zero-order valence-electron chi connectivity index (χ0n) is 17.7. The third-order valence-corrected chi connectivity index (χ3v) is 4.72. The summed E-state index contributed by atoms with van der Waals surface area (Å²) in [6, 6.07) is 5.05. The number of carbonyl (C=O) groups is 2. The highest BCUT2D eigenvalue weighted by Gasteiger charge is 2.48. The van der Waals surface area contributed by atoms with Gasteiger partial charge in [-0.05, 0) is 63.1 Å². The maximum atomic E-state index is 12.9. The minimum Gasteiger partial charge on any atom is -0.492 e. The summed E-state index contributed by atoms with van der Waals surface area (Å²) in [5.74, 6) is 0.359. The predicted molar refractivity (Wildman–Crippen MR) is 109 cm³/mol. The van der Waals surface area contributed by atoms with Crippen LogP contribution in [0.15, 0.2) is 18.2 Å². The van der Waals surface area contributed by atoms with E-state index in [1.807, 2.05) is 27.7 Å². The van der Waals surface area contributed by atoms with Crippen molar-refractivity contribution < 1.29 is 23.8 Å². The summed E-state index contributed by atoms with van der Waals surface area (Å²) in [6.45, 7) is 11.0. The molecule has 0 radical (unpaired) electrons. The molecule has 1 fully saturated rings. The Morgan fingerprint density at radius 1 is 1.25 bits per heavy atom. The number of carbonyl (C=O) groups excluding carboxylic acids is 2. The highest BCUT2D eigenvalue weighted by molar-refractivity contribution is 6.00. The van der Waals surface area contributed by atoms with Crippen LogP contribution in [0.3, 0.4) is 0 Å². The van der Waals surface area contributed by atoms with Crippen LogP contribution < -0.4 is 10.1 Å². The molecule has 156 valence electrons. The van der Waals surface area contributed by atoms with Gasteiger partial charge in [0.05, 0.1) is 13.2 Å². The van der Waals surface area contributed by atoms with Crippen LogP contribution in [0.25, 0.3) is 0 Å². The minimum atomic E-state index is -0.854. The molecule has 1 N–H and O–H groups in total. The van der Waals surface area contributed by atoms with Gasteiger partial charge in [0.1, 0.15) is 16.9 Å². The molecule has 0 aliphatic heterocycles. The number of hydrogen-bond acceptors (Lipinski definition) is 5. The zero-order valence-corrected chi connectivity index (χ0v) is 17.7. The lowest BCUT2D eigenvalue weighted by Gasteiger charge is -2.28. The second kappa shape index (κ2) is 9.92. The van der Waals surface area contributed by atoms with Crippen LogP contribution in [-0.4, -0.2) is 37.3 Å². The number of esters is 1. The molecule has 1 aliphatic carbocycles. The molecule has 1 atom stereocenters. The van der Waals surface area contributed by atoms with Gasteiger partial charge < -0.3 is 19.5 Å². The van der Waals surface area contributed by atoms with Crippen LogP contribution in [0.4, 0.5) is 5.69 Å². The number of ether oxygens (including phenoxy) is 3. The average Bonchev–Trinajstić information content (AvgIpc) is 3.50. The molecule has 0 aromatic heterocycles. The molecule has 0 spiro atoms. The maximum Gasteiger partial charge on any atom is 0.341 e. The molecule has 6 nitrogen and oxygen atoms in total. The Kier molecular flexibility index (Phi) is 7.87. The summed E-state index contributed by atoms with van der Waals surface area (Å²) >= 11 is 0. The number of nitrogens with one attached hydrogen (secondary N) is 1. The molecule has 1 amide bonds. The Hall–Kier alpha value is -2.08. The highest BCUT2D eigenvalue weighted by atomic mass is 16.5. The quantitative estimate of drug-likeness (QED) is 0.565. The second-order valence-electron chi connectivity index (χ2n) is 7.82. The first-order valence-corrected chi connectivity index (χ1v) is 10.2. The average molecular weight is 392 g/mol. The van der Waals surface area contributed by atoms with E-state index in [4.69, 9.17) is 14.2 Å². The smallest absolute Gasteiger partial charge is 0.341 e. The third kappa shape index (κ3) is 5.71. The standard InChI is InChI=1S/C22H33NO5/c1-6-12-28-22(5,16-8-9-16)21(25)23-17-10-11-19(27-14-15(3)4)18(13-17)20(24)26-7-2/h10-11,13,15-16H,6-9,12,14H2,1-5H3,(H,23,25)/t22-/m0/s1. The predicted octanol–water partition coefficient (Wildman–Crippen LogP) is 4.43. The van der Waals surface area contributed by atoms with Gasteiger partial charge in [-0.25, -0.2) is 4.79 Å². The van der Waals surface area contributed by atoms with Gasteiger partial charge in [-0.2, -0.15) is 0 Å². The third-order valence-electron chi connectivity index (χ3n) is 4.72. The molecular weight excluding hydrogens is 358 g/mol. The van der Waals surface area contributed by atoms with Gasteiger partial charge in [-0.1, -0.05) is 20.8 Å². The van der Waals surface area contributed by atoms with Gasteiger partial charge in [0.25, 0.3) is 5.91 Å². The largest absolute Gasteiger partial charge is 0.492 e. The fourth-order valence-corrected chi connectivity index (χ4v) is 2.93. The van der Waals surface area contributed by atoms with Crippen molar-refractivity contribution in [2.75, 3.05) is 25.1 Å².